The number of hydrogen-bond acceptors (Lipinski definition) is 5. The van der Waals surface area contributed by atoms with Gasteiger partial charge in [0, 0.05) is 28.9 Å². The summed E-state index contributed by atoms with van der Waals surface area (Å²) in [5.74, 6) is 1.28. The predicted molar refractivity (Wildman–Crippen MR) is 74.4 cm³/mol. The normalized spacial score (nSPS) is 14.8. The summed E-state index contributed by atoms with van der Waals surface area (Å²) in [5, 5.41) is 6.35. The number of hydrogen-bond donors (Lipinski definition) is 1. The van der Waals surface area contributed by atoms with Gasteiger partial charge in [-0.25, -0.2) is 9.97 Å². The van der Waals surface area contributed by atoms with Crippen molar-refractivity contribution < 1.29 is 4.21 Å². The van der Waals surface area contributed by atoms with Gasteiger partial charge in [0.1, 0.15) is 10.6 Å². The molecule has 0 saturated carbocycles. The van der Waals surface area contributed by atoms with Gasteiger partial charge in [-0.3, -0.25) is 4.21 Å². The quantitative estimate of drug-likeness (QED) is 0.879. The molecular weight excluding hydrogens is 278 g/mol. The van der Waals surface area contributed by atoms with Crippen LogP contribution in [0, 0.1) is 0 Å². The molecule has 0 amide bonds. The largest absolute Gasteiger partial charge is 0.366 e. The first-order valence-corrected chi connectivity index (χ1v) is 8.02. The fourth-order valence-electron chi connectivity index (χ4n) is 1.57. The number of anilines is 1. The molecular formula is C10H12ClN3OS2. The van der Waals surface area contributed by atoms with Crippen LogP contribution in [0.2, 0.25) is 5.28 Å². The maximum Gasteiger partial charge on any atom is 0.225 e. The zero-order chi connectivity index (χ0) is 12.4. The zero-order valence-electron chi connectivity index (χ0n) is 9.44. The number of nitrogens with one attached hydrogen (secondary N) is 1. The number of rotatable bonds is 4. The van der Waals surface area contributed by atoms with E-state index in [1.54, 1.807) is 6.26 Å². The lowest BCUT2D eigenvalue weighted by Gasteiger charge is -2.13. The van der Waals surface area contributed by atoms with E-state index in [1.165, 1.54) is 11.3 Å². The lowest BCUT2D eigenvalue weighted by molar-refractivity contribution is 0.683. The summed E-state index contributed by atoms with van der Waals surface area (Å²) >= 11 is 7.38. The highest BCUT2D eigenvalue weighted by molar-refractivity contribution is 7.84. The first kappa shape index (κ1) is 12.7. The molecule has 0 aliphatic carbocycles. The van der Waals surface area contributed by atoms with E-state index in [4.69, 9.17) is 11.6 Å². The van der Waals surface area contributed by atoms with Crippen molar-refractivity contribution in [3.05, 3.63) is 16.7 Å². The fourth-order valence-corrected chi connectivity index (χ4v) is 3.34. The summed E-state index contributed by atoms with van der Waals surface area (Å²) in [6, 6.07) is 2.03. The molecule has 2 unspecified atom stereocenters. The highest BCUT2D eigenvalue weighted by atomic mass is 35.5. The Hall–Kier alpha value is -0.720. The van der Waals surface area contributed by atoms with E-state index in [0.29, 0.717) is 11.6 Å². The Labute approximate surface area is 111 Å². The smallest absolute Gasteiger partial charge is 0.225 e. The molecule has 0 aliphatic heterocycles. The molecule has 2 heterocycles. The van der Waals surface area contributed by atoms with Crippen LogP contribution in [0.3, 0.4) is 0 Å². The summed E-state index contributed by atoms with van der Waals surface area (Å²) in [5.41, 5.74) is 0. The van der Waals surface area contributed by atoms with Crippen LogP contribution in [-0.4, -0.2) is 32.2 Å². The molecule has 0 fully saturated rings. The van der Waals surface area contributed by atoms with Crippen LogP contribution >= 0.6 is 22.9 Å². The van der Waals surface area contributed by atoms with E-state index < -0.39 is 10.8 Å². The Balaban J connectivity index is 2.28. The number of halogens is 1. The summed E-state index contributed by atoms with van der Waals surface area (Å²) in [6.07, 6.45) is 1.69. The van der Waals surface area contributed by atoms with Gasteiger partial charge in [-0.2, -0.15) is 0 Å². The van der Waals surface area contributed by atoms with Crippen molar-refractivity contribution in [3.8, 4) is 0 Å². The van der Waals surface area contributed by atoms with E-state index in [-0.39, 0.29) is 11.3 Å². The maximum atomic E-state index is 11.1. The second-order valence-corrected chi connectivity index (χ2v) is 6.48. The average Bonchev–Trinajstić information content (AvgIpc) is 2.63. The number of thiophene rings is 1. The van der Waals surface area contributed by atoms with Crippen LogP contribution in [0.5, 0.6) is 0 Å². The molecule has 0 bridgehead atoms. The minimum atomic E-state index is -0.835. The van der Waals surface area contributed by atoms with Crippen LogP contribution in [0.15, 0.2) is 11.4 Å². The van der Waals surface area contributed by atoms with Crippen molar-refractivity contribution in [1.29, 1.82) is 0 Å². The molecule has 0 aromatic carbocycles. The third-order valence-electron chi connectivity index (χ3n) is 2.17. The molecule has 0 aliphatic rings. The summed E-state index contributed by atoms with van der Waals surface area (Å²) in [4.78, 5) is 9.17. The Kier molecular flexibility index (Phi) is 3.96. The van der Waals surface area contributed by atoms with Crippen LogP contribution < -0.4 is 5.32 Å². The fraction of sp³-hybridized carbons (Fsp3) is 0.400. The molecule has 17 heavy (non-hydrogen) atoms. The van der Waals surface area contributed by atoms with Gasteiger partial charge in [-0.05, 0) is 30.0 Å². The van der Waals surface area contributed by atoms with Crippen LogP contribution in [0.25, 0.3) is 10.2 Å². The Morgan fingerprint density at radius 1 is 1.59 bits per heavy atom. The third kappa shape index (κ3) is 3.14. The molecule has 0 spiro atoms. The molecule has 4 nitrogen and oxygen atoms in total. The molecule has 92 valence electrons. The lowest BCUT2D eigenvalue weighted by Crippen LogP contribution is -2.23. The van der Waals surface area contributed by atoms with Crippen LogP contribution in [0.4, 0.5) is 5.82 Å². The van der Waals surface area contributed by atoms with E-state index in [1.807, 2.05) is 18.4 Å². The molecule has 0 saturated heterocycles. The first-order chi connectivity index (χ1) is 8.06. The summed E-state index contributed by atoms with van der Waals surface area (Å²) in [7, 11) is -0.835. The second-order valence-electron chi connectivity index (χ2n) is 3.77. The zero-order valence-corrected chi connectivity index (χ0v) is 11.8. The lowest BCUT2D eigenvalue weighted by atomic mass is 10.3. The molecule has 2 aromatic rings. The van der Waals surface area contributed by atoms with Crippen LogP contribution in [0.1, 0.15) is 6.92 Å². The molecule has 2 rings (SSSR count). The van der Waals surface area contributed by atoms with Crippen LogP contribution in [-0.2, 0) is 10.8 Å². The van der Waals surface area contributed by atoms with Gasteiger partial charge in [0.25, 0.3) is 0 Å². The topological polar surface area (TPSA) is 54.9 Å². The Morgan fingerprint density at radius 3 is 3.06 bits per heavy atom. The minimum absolute atomic E-state index is 0.0786. The van der Waals surface area contributed by atoms with Crippen molar-refractivity contribution in [2.75, 3.05) is 17.3 Å². The molecule has 2 aromatic heterocycles. The molecule has 7 heteroatoms. The average molecular weight is 290 g/mol. The monoisotopic (exact) mass is 289 g/mol. The van der Waals surface area contributed by atoms with Gasteiger partial charge in [-0.1, -0.05) is 0 Å². The van der Waals surface area contributed by atoms with Crippen molar-refractivity contribution in [2.24, 2.45) is 0 Å². The highest BCUT2D eigenvalue weighted by Crippen LogP contribution is 2.26. The van der Waals surface area contributed by atoms with Gasteiger partial charge >= 0.3 is 0 Å². The van der Waals surface area contributed by atoms with E-state index >= 15 is 0 Å². The van der Waals surface area contributed by atoms with E-state index in [2.05, 4.69) is 15.3 Å². The molecule has 2 atom stereocenters. The van der Waals surface area contributed by atoms with Crippen molar-refractivity contribution in [3.63, 3.8) is 0 Å². The van der Waals surface area contributed by atoms with Gasteiger partial charge in [0.15, 0.2) is 0 Å². The Morgan fingerprint density at radius 2 is 2.35 bits per heavy atom. The second kappa shape index (κ2) is 5.29. The standard InChI is InChI=1S/C10H12ClN3OS2/c1-6(5-17(2)15)12-8-7-3-4-16-9(7)14-10(11)13-8/h3-4,6H,5H2,1-2H3,(H,12,13,14). The molecule has 0 radical (unpaired) electrons. The first-order valence-electron chi connectivity index (χ1n) is 5.03. The predicted octanol–water partition coefficient (Wildman–Crippen LogP) is 2.52. The number of fused-ring (bicyclic) bond motifs is 1. The minimum Gasteiger partial charge on any atom is -0.366 e. The maximum absolute atomic E-state index is 11.1. The highest BCUT2D eigenvalue weighted by Gasteiger charge is 2.11. The van der Waals surface area contributed by atoms with Gasteiger partial charge in [-0.15, -0.1) is 11.3 Å². The third-order valence-corrected chi connectivity index (χ3v) is 4.11. The Bertz CT molecular complexity index is 557. The SMILES string of the molecule is CC(CS(C)=O)Nc1nc(Cl)nc2sccc12. The van der Waals surface area contributed by atoms with Gasteiger partial charge in [0.05, 0.1) is 5.39 Å². The van der Waals surface area contributed by atoms with E-state index in [9.17, 15) is 4.21 Å². The van der Waals surface area contributed by atoms with Gasteiger partial charge in [0.2, 0.25) is 5.28 Å². The number of aromatic nitrogens is 2. The van der Waals surface area contributed by atoms with Crippen molar-refractivity contribution >= 4 is 49.8 Å². The van der Waals surface area contributed by atoms with Crippen molar-refractivity contribution in [2.45, 2.75) is 13.0 Å². The molecule has 1 N–H and O–H groups in total. The number of nitrogens with zero attached hydrogens (tertiary/aromatic N) is 2. The van der Waals surface area contributed by atoms with Gasteiger partial charge < -0.3 is 5.32 Å². The summed E-state index contributed by atoms with van der Waals surface area (Å²) < 4.78 is 11.1. The van der Waals surface area contributed by atoms with Crippen molar-refractivity contribution in [1.82, 2.24) is 9.97 Å². The van der Waals surface area contributed by atoms with E-state index in [0.717, 1.165) is 10.2 Å². The summed E-state index contributed by atoms with van der Waals surface area (Å²) in [6.45, 7) is 1.97.